The Morgan fingerprint density at radius 3 is 2.36 bits per heavy atom. The summed E-state index contributed by atoms with van der Waals surface area (Å²) in [6, 6.07) is 5.55. The van der Waals surface area contributed by atoms with Crippen LogP contribution < -0.4 is 4.74 Å². The van der Waals surface area contributed by atoms with Gasteiger partial charge in [0, 0.05) is 0 Å². The molecule has 0 unspecified atom stereocenters. The Labute approximate surface area is 131 Å². The fourth-order valence-electron chi connectivity index (χ4n) is 2.46. The monoisotopic (exact) mass is 319 g/mol. The molecule has 0 saturated carbocycles. The van der Waals surface area contributed by atoms with E-state index in [0.717, 1.165) is 36.2 Å². The molecule has 1 aliphatic rings. The summed E-state index contributed by atoms with van der Waals surface area (Å²) in [6.07, 6.45) is 9.04. The Morgan fingerprint density at radius 1 is 1.14 bits per heavy atom. The van der Waals surface area contributed by atoms with Crippen LogP contribution in [0.3, 0.4) is 0 Å². The predicted molar refractivity (Wildman–Crippen MR) is 84.5 cm³/mol. The average Bonchev–Trinajstić information content (AvgIpc) is 2.49. The molecule has 118 valence electrons. The molecular weight excluding hydrogens is 300 g/mol. The summed E-state index contributed by atoms with van der Waals surface area (Å²) in [4.78, 5) is -0.252. The quantitative estimate of drug-likeness (QED) is 0.789. The molecule has 2 rings (SSSR count). The molecule has 0 saturated heterocycles. The largest absolute Gasteiger partial charge is 0.744 e. The van der Waals surface area contributed by atoms with E-state index in [1.165, 1.54) is 24.3 Å². The van der Waals surface area contributed by atoms with Gasteiger partial charge in [-0.15, -0.1) is 0 Å². The lowest BCUT2D eigenvalue weighted by atomic mass is 9.92. The number of rotatable bonds is 4. The molecule has 0 amide bonds. The molecule has 1 aliphatic carbocycles. The van der Waals surface area contributed by atoms with E-state index in [1.54, 1.807) is 0 Å². The second-order valence-corrected chi connectivity index (χ2v) is 6.43. The van der Waals surface area contributed by atoms with Gasteiger partial charge in [-0.25, -0.2) is 8.42 Å². The third-order valence-corrected chi connectivity index (χ3v) is 4.37. The smallest absolute Gasteiger partial charge is 0.133 e. The summed E-state index contributed by atoms with van der Waals surface area (Å²) in [5, 5.41) is 0. The van der Waals surface area contributed by atoms with E-state index in [9.17, 15) is 13.0 Å². The molecule has 0 N–H and O–H groups in total. The van der Waals surface area contributed by atoms with Gasteiger partial charge in [0.2, 0.25) is 0 Å². The fourth-order valence-corrected chi connectivity index (χ4v) is 2.93. The van der Waals surface area contributed by atoms with E-state index in [4.69, 9.17) is 4.74 Å². The summed E-state index contributed by atoms with van der Waals surface area (Å²) in [7, 11) is -4.43. The third kappa shape index (κ3) is 3.87. The zero-order valence-corrected chi connectivity index (χ0v) is 13.5. The van der Waals surface area contributed by atoms with Gasteiger partial charge in [0.25, 0.3) is 0 Å². The molecule has 0 spiro atoms. The molecular formula is C17H19O4S-. The standard InChI is InChI=1S/C17H20O4S/c1-3-6-14-8-5-7-13(4-2)17(14)21-15-9-11-16(12-10-15)22(18,19)20/h3-4,6,9-12H,5,7-8H2,1-2H3,(H,18,19,20)/p-1/b6-3+,13-4+. The molecule has 0 atom stereocenters. The van der Waals surface area contributed by atoms with Crippen LogP contribution in [-0.4, -0.2) is 13.0 Å². The maximum atomic E-state index is 10.9. The van der Waals surface area contributed by atoms with Crippen molar-refractivity contribution >= 4 is 10.1 Å². The van der Waals surface area contributed by atoms with Crippen molar-refractivity contribution in [1.82, 2.24) is 0 Å². The highest BCUT2D eigenvalue weighted by Crippen LogP contribution is 2.32. The van der Waals surface area contributed by atoms with E-state index in [2.05, 4.69) is 0 Å². The Kier molecular flexibility index (Phi) is 5.21. The lowest BCUT2D eigenvalue weighted by molar-refractivity contribution is 0.414. The van der Waals surface area contributed by atoms with Crippen LogP contribution in [0.15, 0.2) is 64.3 Å². The van der Waals surface area contributed by atoms with E-state index in [0.29, 0.717) is 5.75 Å². The van der Waals surface area contributed by atoms with E-state index in [-0.39, 0.29) is 4.90 Å². The van der Waals surface area contributed by atoms with Crippen LogP contribution in [0.4, 0.5) is 0 Å². The Balaban J connectivity index is 2.34. The van der Waals surface area contributed by atoms with Crippen molar-refractivity contribution in [1.29, 1.82) is 0 Å². The van der Waals surface area contributed by atoms with Crippen molar-refractivity contribution in [2.24, 2.45) is 0 Å². The Bertz CT molecular complexity index is 722. The van der Waals surface area contributed by atoms with Crippen LogP contribution in [0.1, 0.15) is 33.1 Å². The van der Waals surface area contributed by atoms with Crippen molar-refractivity contribution in [3.8, 4) is 5.75 Å². The molecule has 0 radical (unpaired) electrons. The van der Waals surface area contributed by atoms with Gasteiger partial charge in [0.05, 0.1) is 4.90 Å². The number of hydrogen-bond donors (Lipinski definition) is 0. The van der Waals surface area contributed by atoms with Gasteiger partial charge in [-0.3, -0.25) is 0 Å². The minimum atomic E-state index is -4.43. The lowest BCUT2D eigenvalue weighted by Gasteiger charge is -2.22. The minimum Gasteiger partial charge on any atom is -0.744 e. The summed E-state index contributed by atoms with van der Waals surface area (Å²) in [5.41, 5.74) is 2.27. The summed E-state index contributed by atoms with van der Waals surface area (Å²) in [6.45, 7) is 3.94. The molecule has 5 heteroatoms. The number of benzene rings is 1. The van der Waals surface area contributed by atoms with Crippen molar-refractivity contribution in [2.45, 2.75) is 38.0 Å². The zero-order valence-electron chi connectivity index (χ0n) is 12.7. The number of ether oxygens (including phenoxy) is 1. The van der Waals surface area contributed by atoms with Crippen LogP contribution in [-0.2, 0) is 10.1 Å². The van der Waals surface area contributed by atoms with Gasteiger partial charge in [0.1, 0.15) is 21.6 Å². The number of hydrogen-bond acceptors (Lipinski definition) is 4. The first-order chi connectivity index (χ1) is 10.5. The first-order valence-electron chi connectivity index (χ1n) is 7.21. The predicted octanol–water partition coefficient (Wildman–Crippen LogP) is 3.93. The summed E-state index contributed by atoms with van der Waals surface area (Å²) in [5.74, 6) is 1.34. The van der Waals surface area contributed by atoms with Crippen LogP contribution in [0.25, 0.3) is 0 Å². The summed E-state index contributed by atoms with van der Waals surface area (Å²) >= 11 is 0. The maximum absolute atomic E-state index is 10.9. The van der Waals surface area contributed by atoms with Crippen molar-refractivity contribution in [3.05, 3.63) is 59.4 Å². The van der Waals surface area contributed by atoms with E-state index >= 15 is 0 Å². The van der Waals surface area contributed by atoms with Crippen LogP contribution in [0.5, 0.6) is 5.75 Å². The zero-order chi connectivity index (χ0) is 16.2. The number of allylic oxidation sites excluding steroid dienone is 5. The molecule has 0 bridgehead atoms. The van der Waals surface area contributed by atoms with Crippen molar-refractivity contribution in [2.75, 3.05) is 0 Å². The Hall–Kier alpha value is -1.85. The second kappa shape index (κ2) is 6.94. The van der Waals surface area contributed by atoms with Crippen molar-refractivity contribution in [3.63, 3.8) is 0 Å². The van der Waals surface area contributed by atoms with Gasteiger partial charge in [-0.05, 0) is 68.5 Å². The topological polar surface area (TPSA) is 66.4 Å². The maximum Gasteiger partial charge on any atom is 0.133 e. The highest BCUT2D eigenvalue weighted by atomic mass is 32.2. The molecule has 1 aromatic carbocycles. The molecule has 22 heavy (non-hydrogen) atoms. The van der Waals surface area contributed by atoms with Crippen molar-refractivity contribution < 1.29 is 17.7 Å². The van der Waals surface area contributed by atoms with Gasteiger partial charge < -0.3 is 9.29 Å². The summed E-state index contributed by atoms with van der Waals surface area (Å²) < 4.78 is 38.8. The fraction of sp³-hybridized carbons (Fsp3) is 0.294. The van der Waals surface area contributed by atoms with Gasteiger partial charge in [-0.1, -0.05) is 18.2 Å². The molecule has 0 fully saturated rings. The Morgan fingerprint density at radius 2 is 1.82 bits per heavy atom. The highest BCUT2D eigenvalue weighted by Gasteiger charge is 2.17. The molecule has 0 aromatic heterocycles. The van der Waals surface area contributed by atoms with E-state index in [1.807, 2.05) is 32.1 Å². The normalized spacial score (nSPS) is 18.2. The van der Waals surface area contributed by atoms with Crippen LogP contribution >= 0.6 is 0 Å². The molecule has 0 heterocycles. The molecule has 1 aromatic rings. The van der Waals surface area contributed by atoms with Gasteiger partial charge >= 0.3 is 0 Å². The SMILES string of the molecule is C/C=C/C1=C(Oc2ccc(S(=O)(=O)[O-])cc2)C(=C/C)/CCC1. The first-order valence-corrected chi connectivity index (χ1v) is 8.61. The van der Waals surface area contributed by atoms with Gasteiger partial charge in [-0.2, -0.15) is 0 Å². The second-order valence-electron chi connectivity index (χ2n) is 5.05. The first kappa shape index (κ1) is 16.5. The molecule has 0 aliphatic heterocycles. The third-order valence-electron chi connectivity index (χ3n) is 3.52. The minimum absolute atomic E-state index is 0.252. The van der Waals surface area contributed by atoms with Crippen LogP contribution in [0, 0.1) is 0 Å². The lowest BCUT2D eigenvalue weighted by Crippen LogP contribution is -2.08. The average molecular weight is 319 g/mol. The molecule has 4 nitrogen and oxygen atoms in total. The van der Waals surface area contributed by atoms with E-state index < -0.39 is 10.1 Å². The van der Waals surface area contributed by atoms with Gasteiger partial charge in [0.15, 0.2) is 0 Å². The highest BCUT2D eigenvalue weighted by molar-refractivity contribution is 7.85. The van der Waals surface area contributed by atoms with Crippen LogP contribution in [0.2, 0.25) is 0 Å².